The molecule has 0 saturated carbocycles. The quantitative estimate of drug-likeness (QED) is 0.285. The molecule has 0 aliphatic carbocycles. The van der Waals surface area contributed by atoms with Crippen molar-refractivity contribution < 1.29 is 23.8 Å². The van der Waals surface area contributed by atoms with Gasteiger partial charge in [0.15, 0.2) is 16.6 Å². The van der Waals surface area contributed by atoms with E-state index in [0.29, 0.717) is 41.5 Å². The van der Waals surface area contributed by atoms with Crippen molar-refractivity contribution in [3.63, 3.8) is 0 Å². The molecule has 2 aromatic carbocycles. The van der Waals surface area contributed by atoms with E-state index in [4.69, 9.17) is 26.4 Å². The van der Waals surface area contributed by atoms with Gasteiger partial charge in [0, 0.05) is 5.56 Å². The molecule has 0 bridgehead atoms. The van der Waals surface area contributed by atoms with Crippen molar-refractivity contribution in [1.82, 2.24) is 5.32 Å². The van der Waals surface area contributed by atoms with Crippen LogP contribution in [0, 0.1) is 0 Å². The average molecular weight is 453 g/mol. The molecule has 1 aliphatic rings. The molecule has 0 radical (unpaired) electrons. The number of carbonyl (C=O) groups excluding carboxylic acids is 2. The summed E-state index contributed by atoms with van der Waals surface area (Å²) in [6, 6.07) is 10.4. The standard InChI is InChI=1S/C24H24N2O5S/c1-5-7-16-12-15(14-20(31-6-2)21(16)30-4)13-19-22(27)25-24(32)26(23(19)28)17-8-10-18(29-3)11-9-17/h5,8-14H,1,6-7H2,2-4H3,(H,25,27,32). The number of nitrogens with one attached hydrogen (secondary N) is 1. The Bertz CT molecular complexity index is 1090. The maximum atomic E-state index is 13.3. The Kier molecular flexibility index (Phi) is 7.27. The smallest absolute Gasteiger partial charge is 0.270 e. The average Bonchev–Trinajstić information content (AvgIpc) is 2.77. The largest absolute Gasteiger partial charge is 0.497 e. The Hall–Kier alpha value is -3.65. The third-order valence-corrected chi connectivity index (χ3v) is 5.05. The van der Waals surface area contributed by atoms with E-state index < -0.39 is 11.8 Å². The van der Waals surface area contributed by atoms with Gasteiger partial charge >= 0.3 is 0 Å². The highest BCUT2D eigenvalue weighted by atomic mass is 32.1. The number of thiocarbonyl (C=S) groups is 1. The molecule has 3 rings (SSSR count). The van der Waals surface area contributed by atoms with Crippen LogP contribution in [-0.2, 0) is 16.0 Å². The summed E-state index contributed by atoms with van der Waals surface area (Å²) in [4.78, 5) is 27.2. The first-order valence-corrected chi connectivity index (χ1v) is 10.3. The van der Waals surface area contributed by atoms with E-state index in [2.05, 4.69) is 11.9 Å². The van der Waals surface area contributed by atoms with Gasteiger partial charge in [-0.2, -0.15) is 0 Å². The van der Waals surface area contributed by atoms with Crippen LogP contribution in [-0.4, -0.2) is 37.8 Å². The van der Waals surface area contributed by atoms with Gasteiger partial charge in [-0.25, -0.2) is 0 Å². The maximum absolute atomic E-state index is 13.3. The van der Waals surface area contributed by atoms with Crippen molar-refractivity contribution in [2.75, 3.05) is 25.7 Å². The van der Waals surface area contributed by atoms with Gasteiger partial charge in [-0.1, -0.05) is 6.08 Å². The minimum Gasteiger partial charge on any atom is -0.497 e. The van der Waals surface area contributed by atoms with E-state index in [1.54, 1.807) is 50.6 Å². The molecule has 1 N–H and O–H groups in total. The molecule has 166 valence electrons. The molecule has 0 atom stereocenters. The van der Waals surface area contributed by atoms with Crippen molar-refractivity contribution in [3.05, 3.63) is 65.8 Å². The van der Waals surface area contributed by atoms with Crippen LogP contribution in [0.15, 0.2) is 54.6 Å². The van der Waals surface area contributed by atoms with Crippen molar-refractivity contribution >= 4 is 40.9 Å². The van der Waals surface area contributed by atoms with E-state index in [0.717, 1.165) is 5.56 Å². The fourth-order valence-corrected chi connectivity index (χ4v) is 3.64. The second-order valence-electron chi connectivity index (χ2n) is 6.79. The molecule has 8 heteroatoms. The van der Waals surface area contributed by atoms with Crippen LogP contribution in [0.25, 0.3) is 6.08 Å². The van der Waals surface area contributed by atoms with Gasteiger partial charge in [0.1, 0.15) is 11.3 Å². The van der Waals surface area contributed by atoms with E-state index in [1.807, 2.05) is 13.0 Å². The van der Waals surface area contributed by atoms with Crippen molar-refractivity contribution in [2.24, 2.45) is 0 Å². The third-order valence-electron chi connectivity index (χ3n) is 4.77. The number of hydrogen-bond acceptors (Lipinski definition) is 6. The van der Waals surface area contributed by atoms with Crippen molar-refractivity contribution in [2.45, 2.75) is 13.3 Å². The van der Waals surface area contributed by atoms with Gasteiger partial charge in [-0.3, -0.25) is 19.8 Å². The topological polar surface area (TPSA) is 77.1 Å². The first kappa shape index (κ1) is 23.0. The molecular formula is C24H24N2O5S. The molecule has 7 nitrogen and oxygen atoms in total. The number of carbonyl (C=O) groups is 2. The highest BCUT2D eigenvalue weighted by Crippen LogP contribution is 2.34. The van der Waals surface area contributed by atoms with Crippen LogP contribution in [0.4, 0.5) is 5.69 Å². The summed E-state index contributed by atoms with van der Waals surface area (Å²) >= 11 is 5.25. The number of rotatable bonds is 8. The van der Waals surface area contributed by atoms with Crippen molar-refractivity contribution in [1.29, 1.82) is 0 Å². The Morgan fingerprint density at radius 2 is 1.84 bits per heavy atom. The van der Waals surface area contributed by atoms with Crippen LogP contribution in [0.1, 0.15) is 18.1 Å². The lowest BCUT2D eigenvalue weighted by molar-refractivity contribution is -0.122. The first-order chi connectivity index (χ1) is 15.4. The molecule has 32 heavy (non-hydrogen) atoms. The number of hydrogen-bond donors (Lipinski definition) is 1. The molecule has 1 aliphatic heterocycles. The minimum atomic E-state index is -0.566. The number of nitrogens with zero attached hydrogens (tertiary/aromatic N) is 1. The summed E-state index contributed by atoms with van der Waals surface area (Å²) in [7, 11) is 3.12. The highest BCUT2D eigenvalue weighted by Gasteiger charge is 2.34. The summed E-state index contributed by atoms with van der Waals surface area (Å²) in [5, 5.41) is 2.60. The van der Waals surface area contributed by atoms with Gasteiger partial charge in [0.05, 0.1) is 26.5 Å². The zero-order valence-electron chi connectivity index (χ0n) is 18.1. The second kappa shape index (κ2) is 10.1. The van der Waals surface area contributed by atoms with E-state index >= 15 is 0 Å². The molecule has 0 aromatic heterocycles. The van der Waals surface area contributed by atoms with Crippen LogP contribution in [0.3, 0.4) is 0 Å². The first-order valence-electron chi connectivity index (χ1n) is 9.93. The number of allylic oxidation sites excluding steroid dienone is 1. The van der Waals surface area contributed by atoms with Gasteiger partial charge in [0.25, 0.3) is 11.8 Å². The lowest BCUT2D eigenvalue weighted by Gasteiger charge is -2.29. The highest BCUT2D eigenvalue weighted by molar-refractivity contribution is 7.80. The lowest BCUT2D eigenvalue weighted by atomic mass is 10.0. The van der Waals surface area contributed by atoms with Crippen LogP contribution in [0.5, 0.6) is 17.2 Å². The fourth-order valence-electron chi connectivity index (χ4n) is 3.36. The van der Waals surface area contributed by atoms with E-state index in [9.17, 15) is 9.59 Å². The predicted octanol–water partition coefficient (Wildman–Crippen LogP) is 3.66. The van der Waals surface area contributed by atoms with Gasteiger partial charge < -0.3 is 14.2 Å². The molecule has 1 heterocycles. The monoisotopic (exact) mass is 452 g/mol. The minimum absolute atomic E-state index is 0.0133. The second-order valence-corrected chi connectivity index (χ2v) is 7.18. The van der Waals surface area contributed by atoms with Gasteiger partial charge in [-0.15, -0.1) is 6.58 Å². The van der Waals surface area contributed by atoms with E-state index in [1.165, 1.54) is 11.0 Å². The zero-order valence-corrected chi connectivity index (χ0v) is 19.0. The van der Waals surface area contributed by atoms with Crippen LogP contribution >= 0.6 is 12.2 Å². The normalized spacial score (nSPS) is 14.9. The summed E-state index contributed by atoms with van der Waals surface area (Å²) in [6.07, 6.45) is 3.79. The summed E-state index contributed by atoms with van der Waals surface area (Å²) in [5.74, 6) is 0.661. The number of anilines is 1. The van der Waals surface area contributed by atoms with Crippen LogP contribution < -0.4 is 24.4 Å². The van der Waals surface area contributed by atoms with Crippen molar-refractivity contribution in [3.8, 4) is 17.2 Å². The number of ether oxygens (including phenoxy) is 3. The Morgan fingerprint density at radius 3 is 2.44 bits per heavy atom. The SMILES string of the molecule is C=CCc1cc(C=C2C(=O)NC(=S)N(c3ccc(OC)cc3)C2=O)cc(OCC)c1OC. The molecule has 1 fully saturated rings. The molecule has 0 spiro atoms. The molecule has 0 unspecified atom stereocenters. The van der Waals surface area contributed by atoms with Crippen LogP contribution in [0.2, 0.25) is 0 Å². The lowest BCUT2D eigenvalue weighted by Crippen LogP contribution is -2.54. The predicted molar refractivity (Wildman–Crippen MR) is 127 cm³/mol. The maximum Gasteiger partial charge on any atom is 0.270 e. The molecular weight excluding hydrogens is 428 g/mol. The Morgan fingerprint density at radius 1 is 1.12 bits per heavy atom. The summed E-state index contributed by atoms with van der Waals surface area (Å²) in [6.45, 7) is 6.08. The number of benzene rings is 2. The zero-order chi connectivity index (χ0) is 23.3. The third kappa shape index (κ3) is 4.65. The Labute approximate surface area is 192 Å². The number of methoxy groups -OCH3 is 2. The van der Waals surface area contributed by atoms with E-state index in [-0.39, 0.29) is 10.7 Å². The Balaban J connectivity index is 2.05. The molecule has 1 saturated heterocycles. The number of amides is 2. The summed E-state index contributed by atoms with van der Waals surface area (Å²) < 4.78 is 16.4. The fraction of sp³-hybridized carbons (Fsp3) is 0.208. The van der Waals surface area contributed by atoms with Gasteiger partial charge in [0.2, 0.25) is 0 Å². The molecule has 2 amide bonds. The summed E-state index contributed by atoms with van der Waals surface area (Å²) in [5.41, 5.74) is 1.91. The molecule has 2 aromatic rings. The van der Waals surface area contributed by atoms with Gasteiger partial charge in [-0.05, 0) is 73.6 Å².